The van der Waals surface area contributed by atoms with Crippen LogP contribution >= 0.6 is 0 Å². The summed E-state index contributed by atoms with van der Waals surface area (Å²) in [6, 6.07) is 19.4. The summed E-state index contributed by atoms with van der Waals surface area (Å²) in [5, 5.41) is 11.0. The first-order chi connectivity index (χ1) is 35.3. The van der Waals surface area contributed by atoms with E-state index in [0.717, 1.165) is 48.8 Å². The molecule has 4 heterocycles. The second kappa shape index (κ2) is 22.8. The van der Waals surface area contributed by atoms with Gasteiger partial charge in [-0.2, -0.15) is 0 Å². The number of aryl methyl sites for hydroxylation is 1. The first-order valence-electron chi connectivity index (χ1n) is 26.0. The van der Waals surface area contributed by atoms with E-state index in [-0.39, 0.29) is 75.0 Å². The number of imide groups is 1. The summed E-state index contributed by atoms with van der Waals surface area (Å²) >= 11 is 0. The molecule has 0 spiro atoms. The molecule has 4 fully saturated rings. The number of amides is 8. The van der Waals surface area contributed by atoms with Gasteiger partial charge < -0.3 is 36.2 Å². The van der Waals surface area contributed by atoms with Gasteiger partial charge in [0.25, 0.3) is 0 Å². The Hall–Kier alpha value is -7.31. The van der Waals surface area contributed by atoms with Gasteiger partial charge in [-0.3, -0.25) is 48.0 Å². The maximum atomic E-state index is 14.8. The monoisotopic (exact) mass is 1020 g/mol. The summed E-state index contributed by atoms with van der Waals surface area (Å²) in [6.45, 7) is 5.25. The minimum atomic E-state index is -1.25. The molecule has 4 aromatic rings. The van der Waals surface area contributed by atoms with Crippen molar-refractivity contribution in [3.63, 3.8) is 0 Å². The van der Waals surface area contributed by atoms with Crippen LogP contribution in [0.2, 0.25) is 0 Å². The first-order valence-corrected chi connectivity index (χ1v) is 26.0. The number of aromatic nitrogens is 2. The molecular weight excluding hydrogens is 947 g/mol. The Bertz CT molecular complexity index is 2780. The number of alkyl carbamates (subject to hydrolysis) is 1. The van der Waals surface area contributed by atoms with E-state index in [2.05, 4.69) is 21.3 Å². The Kier molecular flexibility index (Phi) is 16.4. The maximum Gasteiger partial charge on any atom is 0.408 e. The molecule has 1 aliphatic carbocycles. The van der Waals surface area contributed by atoms with E-state index in [1.54, 1.807) is 37.3 Å². The lowest BCUT2D eigenvalue weighted by Gasteiger charge is -2.39. The van der Waals surface area contributed by atoms with Crippen LogP contribution in [0.5, 0.6) is 0 Å². The smallest absolute Gasteiger partial charge is 0.408 e. The van der Waals surface area contributed by atoms with Crippen LogP contribution in [0.25, 0.3) is 11.0 Å². The fourth-order valence-electron chi connectivity index (χ4n) is 11.2. The highest BCUT2D eigenvalue weighted by Gasteiger charge is 2.46. The topological polar surface area (TPSA) is 253 Å². The molecule has 5 atom stereocenters. The SMILES string of the molecule is Cn1c(=O)n(C2CCC(=O)NC2=O)c2ccc(CC3CCC(CC(=O)N4CC[C@H]5CC[C@@H](C(=O)NC(CCC(N)=O)C(=O)NC(c6ccccc6)c6ccccc6)N5C(=O)[C@@H](NC(=O)OC(C)(C)C)C4)CC3)cc21. The zero-order chi connectivity index (χ0) is 52.8. The van der Waals surface area contributed by atoms with E-state index in [0.29, 0.717) is 29.8 Å². The first kappa shape index (κ1) is 53.0. The summed E-state index contributed by atoms with van der Waals surface area (Å²) in [7, 11) is 1.68. The fourth-order valence-corrected chi connectivity index (χ4v) is 11.2. The predicted octanol–water partition coefficient (Wildman–Crippen LogP) is 4.20. The van der Waals surface area contributed by atoms with Gasteiger partial charge >= 0.3 is 11.8 Å². The lowest BCUT2D eigenvalue weighted by molar-refractivity contribution is -0.146. The van der Waals surface area contributed by atoms with Gasteiger partial charge in [-0.05, 0) is 126 Å². The third-order valence-corrected chi connectivity index (χ3v) is 15.0. The average molecular weight is 1020 g/mol. The van der Waals surface area contributed by atoms with Gasteiger partial charge in [0, 0.05) is 38.9 Å². The second-order valence-corrected chi connectivity index (χ2v) is 21.4. The van der Waals surface area contributed by atoms with Crippen LogP contribution in [0.1, 0.15) is 127 Å². The molecule has 1 aromatic heterocycles. The Morgan fingerprint density at radius 1 is 0.797 bits per heavy atom. The van der Waals surface area contributed by atoms with Crippen LogP contribution < -0.4 is 32.7 Å². The Morgan fingerprint density at radius 3 is 2.09 bits per heavy atom. The van der Waals surface area contributed by atoms with Gasteiger partial charge in [0.15, 0.2) is 0 Å². The lowest BCUT2D eigenvalue weighted by atomic mass is 9.78. The molecule has 394 valence electrons. The highest BCUT2D eigenvalue weighted by Crippen LogP contribution is 2.35. The molecule has 6 N–H and O–H groups in total. The molecule has 8 amide bonds. The zero-order valence-electron chi connectivity index (χ0n) is 42.7. The second-order valence-electron chi connectivity index (χ2n) is 21.4. The van der Waals surface area contributed by atoms with Crippen molar-refractivity contribution in [2.45, 2.75) is 146 Å². The Labute approximate surface area is 430 Å². The normalized spacial score (nSPS) is 22.8. The number of nitrogens with one attached hydrogen (secondary N) is 4. The van der Waals surface area contributed by atoms with E-state index >= 15 is 0 Å². The average Bonchev–Trinajstić information content (AvgIpc) is 3.89. The zero-order valence-corrected chi connectivity index (χ0v) is 42.7. The molecule has 19 heteroatoms. The molecule has 19 nitrogen and oxygen atoms in total. The number of hydrogen-bond donors (Lipinski definition) is 5. The van der Waals surface area contributed by atoms with Crippen molar-refractivity contribution in [3.05, 3.63) is 106 Å². The molecule has 3 aromatic carbocycles. The van der Waals surface area contributed by atoms with E-state index < -0.39 is 77.5 Å². The minimum absolute atomic E-state index is 0.0842. The number of nitrogens with two attached hydrogens (primary N) is 1. The van der Waals surface area contributed by atoms with Crippen molar-refractivity contribution in [1.29, 1.82) is 0 Å². The van der Waals surface area contributed by atoms with E-state index in [1.165, 1.54) is 9.47 Å². The third-order valence-electron chi connectivity index (χ3n) is 15.0. The van der Waals surface area contributed by atoms with Crippen LogP contribution in [-0.2, 0) is 51.8 Å². The highest BCUT2D eigenvalue weighted by atomic mass is 16.6. The number of primary amides is 1. The molecule has 1 saturated carbocycles. The standard InChI is InChI=1S/C55H69N9O10/c1-55(2,3)74-53(72)58-40-32-62(47(67)31-34-17-15-33(16-18-34)29-35-19-22-41-44(30-35)61(4)54(73)64(41)43-24-26-46(66)59-51(43)70)28-27-38-20-23-42(63(38)52(40)71)50(69)57-39(21-25-45(56)65)49(68)60-48(36-11-7-5-8-12-36)37-13-9-6-10-14-37/h5-14,19,22,30,33-34,38-40,42-43,48H,15-18,20-21,23-29,31-32H2,1-4H3,(H2,56,65)(H,57,69)(H,58,72)(H,60,68)(H,59,66,70)/t33?,34?,38-,39?,40+,42+,43?/m1/s1. The molecule has 0 bridgehead atoms. The van der Waals surface area contributed by atoms with Gasteiger partial charge in [0.2, 0.25) is 41.4 Å². The van der Waals surface area contributed by atoms with Crippen LogP contribution in [0.4, 0.5) is 4.79 Å². The van der Waals surface area contributed by atoms with Crippen LogP contribution in [0.3, 0.4) is 0 Å². The number of fused-ring (bicyclic) bond motifs is 2. The minimum Gasteiger partial charge on any atom is -0.444 e. The van der Waals surface area contributed by atoms with Crippen molar-refractivity contribution in [1.82, 2.24) is 40.2 Å². The Morgan fingerprint density at radius 2 is 1.46 bits per heavy atom. The predicted molar refractivity (Wildman–Crippen MR) is 274 cm³/mol. The summed E-state index contributed by atoms with van der Waals surface area (Å²) in [4.78, 5) is 124. The molecular formula is C55H69N9O10. The number of ether oxygens (including phenoxy) is 1. The fraction of sp³-hybridized carbons (Fsp3) is 0.509. The van der Waals surface area contributed by atoms with Crippen LogP contribution in [-0.4, -0.2) is 109 Å². The summed E-state index contributed by atoms with van der Waals surface area (Å²) in [5.41, 5.74) is 8.36. The van der Waals surface area contributed by atoms with Gasteiger partial charge in [-0.1, -0.05) is 66.7 Å². The lowest BCUT2D eigenvalue weighted by Crippen LogP contribution is -2.62. The summed E-state index contributed by atoms with van der Waals surface area (Å²) in [5.74, 6) is -2.81. The molecule has 8 rings (SSSR count). The summed E-state index contributed by atoms with van der Waals surface area (Å²) < 4.78 is 8.59. The summed E-state index contributed by atoms with van der Waals surface area (Å²) in [6.07, 6.45) is 4.87. The largest absolute Gasteiger partial charge is 0.444 e. The van der Waals surface area contributed by atoms with Crippen LogP contribution in [0.15, 0.2) is 83.7 Å². The van der Waals surface area contributed by atoms with Crippen molar-refractivity contribution in [3.8, 4) is 0 Å². The van der Waals surface area contributed by atoms with Crippen molar-refractivity contribution in [2.75, 3.05) is 13.1 Å². The van der Waals surface area contributed by atoms with Gasteiger partial charge in [0.05, 0.1) is 23.6 Å². The molecule has 2 unspecified atom stereocenters. The van der Waals surface area contributed by atoms with E-state index in [1.807, 2.05) is 78.9 Å². The number of carbonyl (C=O) groups excluding carboxylic acids is 8. The quantitative estimate of drug-likeness (QED) is 0.106. The number of piperidine rings is 1. The molecule has 0 radical (unpaired) electrons. The van der Waals surface area contributed by atoms with E-state index in [4.69, 9.17) is 10.5 Å². The molecule has 3 aliphatic heterocycles. The van der Waals surface area contributed by atoms with Crippen LogP contribution in [0, 0.1) is 11.8 Å². The van der Waals surface area contributed by atoms with Crippen molar-refractivity contribution < 1.29 is 43.1 Å². The van der Waals surface area contributed by atoms with E-state index in [9.17, 15) is 43.2 Å². The van der Waals surface area contributed by atoms with Crippen molar-refractivity contribution >= 4 is 58.5 Å². The third kappa shape index (κ3) is 12.5. The molecule has 4 aliphatic rings. The number of rotatable bonds is 15. The van der Waals surface area contributed by atoms with Gasteiger partial charge in [-0.25, -0.2) is 9.59 Å². The Balaban J connectivity index is 0.918. The highest BCUT2D eigenvalue weighted by molar-refractivity contribution is 6.00. The molecule has 3 saturated heterocycles. The van der Waals surface area contributed by atoms with Gasteiger partial charge in [-0.15, -0.1) is 0 Å². The number of nitrogens with zero attached hydrogens (tertiary/aromatic N) is 4. The number of imidazole rings is 1. The number of benzene rings is 3. The number of hydrogen-bond acceptors (Lipinski definition) is 10. The maximum absolute atomic E-state index is 14.8. The van der Waals surface area contributed by atoms with Crippen molar-refractivity contribution in [2.24, 2.45) is 24.6 Å². The van der Waals surface area contributed by atoms with Gasteiger partial charge in [0.1, 0.15) is 29.8 Å². The molecule has 74 heavy (non-hydrogen) atoms. The number of carbonyl (C=O) groups is 8.